The van der Waals surface area contributed by atoms with Crippen molar-refractivity contribution in [1.29, 1.82) is 0 Å². The molecule has 1 unspecified atom stereocenters. The van der Waals surface area contributed by atoms with Gasteiger partial charge in [-0.1, -0.05) is 0 Å². The van der Waals surface area contributed by atoms with Gasteiger partial charge in [0.25, 0.3) is 0 Å². The van der Waals surface area contributed by atoms with Crippen LogP contribution in [-0.4, -0.2) is 42.3 Å². The SMILES string of the molecule is CN(Cc1ccoc1C(=O)O)CC1CCCO1. The van der Waals surface area contributed by atoms with Crippen LogP contribution in [0.2, 0.25) is 0 Å². The third kappa shape index (κ3) is 3.08. The van der Waals surface area contributed by atoms with E-state index >= 15 is 0 Å². The second-order valence-electron chi connectivity index (χ2n) is 4.41. The summed E-state index contributed by atoms with van der Waals surface area (Å²) in [7, 11) is 1.96. The van der Waals surface area contributed by atoms with Gasteiger partial charge < -0.3 is 14.3 Å². The van der Waals surface area contributed by atoms with Crippen molar-refractivity contribution in [3.63, 3.8) is 0 Å². The van der Waals surface area contributed by atoms with E-state index in [9.17, 15) is 4.79 Å². The van der Waals surface area contributed by atoms with Gasteiger partial charge in [-0.25, -0.2) is 4.79 Å². The number of nitrogens with zero attached hydrogens (tertiary/aromatic N) is 1. The zero-order valence-corrected chi connectivity index (χ0v) is 9.89. The summed E-state index contributed by atoms with van der Waals surface area (Å²) in [6, 6.07) is 1.70. The Bertz CT molecular complexity index is 382. The van der Waals surface area contributed by atoms with Crippen LogP contribution >= 0.6 is 0 Å². The largest absolute Gasteiger partial charge is 0.475 e. The number of rotatable bonds is 5. The fourth-order valence-corrected chi connectivity index (χ4v) is 2.14. The number of hydrogen-bond donors (Lipinski definition) is 1. The number of carbonyl (C=O) groups is 1. The van der Waals surface area contributed by atoms with E-state index in [1.807, 2.05) is 7.05 Å². The van der Waals surface area contributed by atoms with E-state index in [4.69, 9.17) is 14.3 Å². The first-order chi connectivity index (χ1) is 8.16. The lowest BCUT2D eigenvalue weighted by Crippen LogP contribution is -2.28. The third-order valence-electron chi connectivity index (χ3n) is 2.92. The van der Waals surface area contributed by atoms with E-state index in [0.717, 1.165) is 26.0 Å². The van der Waals surface area contributed by atoms with Crippen molar-refractivity contribution in [1.82, 2.24) is 4.90 Å². The summed E-state index contributed by atoms with van der Waals surface area (Å²) in [4.78, 5) is 12.9. The van der Waals surface area contributed by atoms with Gasteiger partial charge in [0.2, 0.25) is 5.76 Å². The van der Waals surface area contributed by atoms with Gasteiger partial charge in [-0.15, -0.1) is 0 Å². The number of carboxylic acid groups (broad SMARTS) is 1. The zero-order valence-electron chi connectivity index (χ0n) is 9.89. The smallest absolute Gasteiger partial charge is 0.372 e. The molecule has 94 valence electrons. The van der Waals surface area contributed by atoms with Gasteiger partial charge in [0.05, 0.1) is 12.4 Å². The molecular weight excluding hydrogens is 222 g/mol. The maximum absolute atomic E-state index is 10.9. The zero-order chi connectivity index (χ0) is 12.3. The molecule has 1 fully saturated rings. The normalized spacial score (nSPS) is 20.0. The number of furan rings is 1. The highest BCUT2D eigenvalue weighted by atomic mass is 16.5. The third-order valence-corrected chi connectivity index (χ3v) is 2.92. The van der Waals surface area contributed by atoms with Crippen LogP contribution in [0.5, 0.6) is 0 Å². The summed E-state index contributed by atoms with van der Waals surface area (Å²) < 4.78 is 10.5. The summed E-state index contributed by atoms with van der Waals surface area (Å²) in [5.74, 6) is -0.986. The molecule has 2 rings (SSSR count). The van der Waals surface area contributed by atoms with Crippen molar-refractivity contribution in [2.75, 3.05) is 20.2 Å². The molecule has 0 saturated carbocycles. The molecule has 1 aromatic heterocycles. The number of ether oxygens (including phenoxy) is 1. The molecule has 17 heavy (non-hydrogen) atoms. The van der Waals surface area contributed by atoms with Crippen molar-refractivity contribution in [3.8, 4) is 0 Å². The van der Waals surface area contributed by atoms with E-state index in [1.165, 1.54) is 6.26 Å². The molecule has 1 saturated heterocycles. The Morgan fingerprint density at radius 3 is 3.12 bits per heavy atom. The fraction of sp³-hybridized carbons (Fsp3) is 0.583. The molecular formula is C12H17NO4. The number of carboxylic acids is 1. The van der Waals surface area contributed by atoms with Crippen LogP contribution in [0.3, 0.4) is 0 Å². The lowest BCUT2D eigenvalue weighted by molar-refractivity contribution is 0.0655. The molecule has 0 aliphatic carbocycles. The van der Waals surface area contributed by atoms with Gasteiger partial charge in [-0.3, -0.25) is 4.90 Å². The first-order valence-corrected chi connectivity index (χ1v) is 5.76. The minimum absolute atomic E-state index is 0.0317. The Hall–Kier alpha value is -1.33. The fourth-order valence-electron chi connectivity index (χ4n) is 2.14. The quantitative estimate of drug-likeness (QED) is 0.845. The molecule has 0 spiro atoms. The average Bonchev–Trinajstić information content (AvgIpc) is 2.88. The lowest BCUT2D eigenvalue weighted by atomic mass is 10.2. The van der Waals surface area contributed by atoms with Crippen molar-refractivity contribution < 1.29 is 19.1 Å². The van der Waals surface area contributed by atoms with Crippen molar-refractivity contribution in [3.05, 3.63) is 23.7 Å². The highest BCUT2D eigenvalue weighted by Crippen LogP contribution is 2.16. The van der Waals surface area contributed by atoms with Gasteiger partial charge in [-0.05, 0) is 26.0 Å². The van der Waals surface area contributed by atoms with E-state index in [-0.39, 0.29) is 11.9 Å². The first-order valence-electron chi connectivity index (χ1n) is 5.76. The van der Waals surface area contributed by atoms with Crippen molar-refractivity contribution in [2.24, 2.45) is 0 Å². The van der Waals surface area contributed by atoms with Gasteiger partial charge in [0.15, 0.2) is 0 Å². The van der Waals surface area contributed by atoms with E-state index in [2.05, 4.69) is 4.90 Å². The molecule has 0 radical (unpaired) electrons. The van der Waals surface area contributed by atoms with Gasteiger partial charge in [0.1, 0.15) is 0 Å². The van der Waals surface area contributed by atoms with E-state index in [1.54, 1.807) is 6.07 Å². The molecule has 1 aliphatic rings. The standard InChI is InChI=1S/C12H17NO4/c1-13(8-10-3-2-5-16-10)7-9-4-6-17-11(9)12(14)15/h4,6,10H,2-3,5,7-8H2,1H3,(H,14,15). The van der Waals surface area contributed by atoms with Crippen molar-refractivity contribution in [2.45, 2.75) is 25.5 Å². The molecule has 0 bridgehead atoms. The molecule has 2 heterocycles. The van der Waals surface area contributed by atoms with Crippen LogP contribution in [0.4, 0.5) is 0 Å². The molecule has 5 nitrogen and oxygen atoms in total. The Morgan fingerprint density at radius 1 is 1.65 bits per heavy atom. The van der Waals surface area contributed by atoms with Gasteiger partial charge in [0, 0.05) is 25.3 Å². The monoisotopic (exact) mass is 239 g/mol. The van der Waals surface area contributed by atoms with E-state index in [0.29, 0.717) is 12.1 Å². The van der Waals surface area contributed by atoms with Crippen LogP contribution in [0.15, 0.2) is 16.7 Å². The first kappa shape index (κ1) is 12.1. The summed E-state index contributed by atoms with van der Waals surface area (Å²) in [6.07, 6.45) is 3.89. The minimum atomic E-state index is -1.02. The summed E-state index contributed by atoms with van der Waals surface area (Å²) in [5, 5.41) is 8.91. The molecule has 0 aromatic carbocycles. The Morgan fingerprint density at radius 2 is 2.47 bits per heavy atom. The molecule has 1 N–H and O–H groups in total. The summed E-state index contributed by atoms with van der Waals surface area (Å²) >= 11 is 0. The van der Waals surface area contributed by atoms with Crippen LogP contribution < -0.4 is 0 Å². The number of likely N-dealkylation sites (N-methyl/N-ethyl adjacent to an activating group) is 1. The predicted molar refractivity (Wildman–Crippen MR) is 61.0 cm³/mol. The topological polar surface area (TPSA) is 62.9 Å². The van der Waals surface area contributed by atoms with Crippen LogP contribution in [0.25, 0.3) is 0 Å². The molecule has 1 aliphatic heterocycles. The second-order valence-corrected chi connectivity index (χ2v) is 4.41. The Balaban J connectivity index is 1.90. The van der Waals surface area contributed by atoms with Crippen LogP contribution in [0, 0.1) is 0 Å². The minimum Gasteiger partial charge on any atom is -0.475 e. The molecule has 1 aromatic rings. The van der Waals surface area contributed by atoms with Crippen molar-refractivity contribution >= 4 is 5.97 Å². The average molecular weight is 239 g/mol. The van der Waals surface area contributed by atoms with Crippen LogP contribution in [0.1, 0.15) is 29.0 Å². The van der Waals surface area contributed by atoms with E-state index < -0.39 is 5.97 Å². The predicted octanol–water partition coefficient (Wildman–Crippen LogP) is 1.59. The maximum atomic E-state index is 10.9. The number of hydrogen-bond acceptors (Lipinski definition) is 4. The molecule has 0 amide bonds. The Kier molecular flexibility index (Phi) is 3.81. The molecule has 5 heteroatoms. The van der Waals surface area contributed by atoms with Crippen LogP contribution in [-0.2, 0) is 11.3 Å². The number of aromatic carboxylic acids is 1. The summed E-state index contributed by atoms with van der Waals surface area (Å²) in [5.41, 5.74) is 0.706. The molecule has 1 atom stereocenters. The second kappa shape index (κ2) is 5.33. The lowest BCUT2D eigenvalue weighted by Gasteiger charge is -2.19. The highest BCUT2D eigenvalue weighted by molar-refractivity contribution is 5.86. The maximum Gasteiger partial charge on any atom is 0.372 e. The van der Waals surface area contributed by atoms with Gasteiger partial charge >= 0.3 is 5.97 Å². The summed E-state index contributed by atoms with van der Waals surface area (Å²) in [6.45, 7) is 2.23. The van der Waals surface area contributed by atoms with Gasteiger partial charge in [-0.2, -0.15) is 0 Å². The highest BCUT2D eigenvalue weighted by Gasteiger charge is 2.20. The Labute approximate surface area is 100.0 Å².